The molecule has 0 radical (unpaired) electrons. The van der Waals surface area contributed by atoms with Crippen LogP contribution in [-0.2, 0) is 0 Å². The van der Waals surface area contributed by atoms with E-state index in [1.54, 1.807) is 18.2 Å². The second-order valence-corrected chi connectivity index (χ2v) is 7.51. The fourth-order valence-corrected chi connectivity index (χ4v) is 4.07. The molecular weight excluding hydrogens is 390 g/mol. The third-order valence-electron chi connectivity index (χ3n) is 4.66. The van der Waals surface area contributed by atoms with Gasteiger partial charge in [-0.25, -0.2) is 4.98 Å². The summed E-state index contributed by atoms with van der Waals surface area (Å²) in [5.41, 5.74) is 1.74. The first-order chi connectivity index (χ1) is 14.0. The van der Waals surface area contributed by atoms with Gasteiger partial charge in [0.2, 0.25) is 4.74 Å². The Bertz CT molecular complexity index is 1250. The predicted molar refractivity (Wildman–Crippen MR) is 113 cm³/mol. The molecule has 29 heavy (non-hydrogen) atoms. The summed E-state index contributed by atoms with van der Waals surface area (Å²) in [5.74, 6) is 1.16. The number of H-pyrrole nitrogens is 1. The Balaban J connectivity index is 1.65. The minimum Gasteiger partial charge on any atom is -0.493 e. The fourth-order valence-electron chi connectivity index (χ4n) is 3.22. The van der Waals surface area contributed by atoms with E-state index >= 15 is 0 Å². The summed E-state index contributed by atoms with van der Waals surface area (Å²) in [6.07, 6.45) is 0. The van der Waals surface area contributed by atoms with Gasteiger partial charge in [-0.05, 0) is 36.6 Å². The molecule has 148 valence electrons. The number of carbonyl (C=O) groups is 1. The van der Waals surface area contributed by atoms with E-state index in [9.17, 15) is 9.59 Å². The van der Waals surface area contributed by atoms with Crippen LogP contribution in [0.25, 0.3) is 21.8 Å². The third-order valence-corrected chi connectivity index (χ3v) is 5.57. The molecule has 2 N–H and O–H groups in total. The number of para-hydroxylation sites is 2. The zero-order valence-electron chi connectivity index (χ0n) is 16.1. The van der Waals surface area contributed by atoms with Crippen LogP contribution in [0.5, 0.6) is 11.5 Å². The molecule has 1 amide bonds. The number of rotatable bonds is 5. The van der Waals surface area contributed by atoms with Gasteiger partial charge < -0.3 is 19.8 Å². The second-order valence-electron chi connectivity index (χ2n) is 6.50. The maximum atomic E-state index is 12.8. The van der Waals surface area contributed by atoms with Gasteiger partial charge in [-0.15, -0.1) is 0 Å². The van der Waals surface area contributed by atoms with E-state index in [0.717, 1.165) is 22.4 Å². The van der Waals surface area contributed by atoms with Gasteiger partial charge in [0.05, 0.1) is 41.6 Å². The number of amides is 1. The second kappa shape index (κ2) is 7.56. The number of imidazole rings is 1. The molecule has 1 unspecified atom stereocenters. The summed E-state index contributed by atoms with van der Waals surface area (Å²) < 4.78 is 10.3. The standard InChI is InChI=1S/C21H19N3O4S/c1-11(19-23-13-6-4-5-7-14(13)24-19)22-20(25)16-10-12-8-9-15(27-2)18(28-3)17(12)21(26)29-16/h4-11H,1-3H3,(H,22,25)(H,23,24). The van der Waals surface area contributed by atoms with Crippen LogP contribution in [-0.4, -0.2) is 30.1 Å². The molecule has 7 nitrogen and oxygen atoms in total. The van der Waals surface area contributed by atoms with Crippen LogP contribution in [0.2, 0.25) is 0 Å². The molecule has 0 bridgehead atoms. The number of carbonyl (C=O) groups excluding carboxylic acids is 1. The van der Waals surface area contributed by atoms with Gasteiger partial charge in [-0.2, -0.15) is 0 Å². The first-order valence-corrected chi connectivity index (χ1v) is 9.78. The summed E-state index contributed by atoms with van der Waals surface area (Å²) >= 11 is 0.872. The lowest BCUT2D eigenvalue weighted by molar-refractivity contribution is 0.0942. The van der Waals surface area contributed by atoms with Crippen LogP contribution >= 0.6 is 11.3 Å². The Labute approximate surface area is 170 Å². The molecule has 1 atom stereocenters. The molecule has 8 heteroatoms. The summed E-state index contributed by atoms with van der Waals surface area (Å²) in [6.45, 7) is 1.84. The predicted octanol–water partition coefficient (Wildman–Crippen LogP) is 3.65. The Hall–Kier alpha value is -3.39. The van der Waals surface area contributed by atoms with Crippen LogP contribution in [0.1, 0.15) is 28.5 Å². The molecule has 0 spiro atoms. The summed E-state index contributed by atoms with van der Waals surface area (Å²) in [6, 6.07) is 12.4. The molecule has 0 saturated heterocycles. The van der Waals surface area contributed by atoms with E-state index in [0.29, 0.717) is 33.0 Å². The lowest BCUT2D eigenvalue weighted by Crippen LogP contribution is -2.27. The van der Waals surface area contributed by atoms with Gasteiger partial charge >= 0.3 is 0 Å². The van der Waals surface area contributed by atoms with Crippen molar-refractivity contribution in [3.8, 4) is 11.5 Å². The molecule has 0 aliphatic carbocycles. The maximum absolute atomic E-state index is 12.8. The SMILES string of the molecule is COc1ccc2cc(C(=O)NC(C)c3nc4ccccc4[nH]3)sc(=O)c2c1OC. The highest BCUT2D eigenvalue weighted by Gasteiger charge is 2.19. The van der Waals surface area contributed by atoms with Gasteiger partial charge in [0, 0.05) is 0 Å². The molecule has 0 saturated carbocycles. The third kappa shape index (κ3) is 3.42. The zero-order chi connectivity index (χ0) is 20.5. The van der Waals surface area contributed by atoms with Gasteiger partial charge in [0.15, 0.2) is 11.5 Å². The van der Waals surface area contributed by atoms with Crippen molar-refractivity contribution in [1.29, 1.82) is 0 Å². The first kappa shape index (κ1) is 18.9. The molecule has 2 aromatic heterocycles. The monoisotopic (exact) mass is 409 g/mol. The van der Waals surface area contributed by atoms with Crippen molar-refractivity contribution in [1.82, 2.24) is 15.3 Å². The Kier molecular flexibility index (Phi) is 4.94. The molecule has 0 fully saturated rings. The molecule has 0 aliphatic heterocycles. The molecule has 2 heterocycles. The quantitative estimate of drug-likeness (QED) is 0.525. The highest BCUT2D eigenvalue weighted by atomic mass is 32.1. The van der Waals surface area contributed by atoms with Crippen molar-refractivity contribution in [3.05, 3.63) is 62.7 Å². The van der Waals surface area contributed by atoms with Crippen molar-refractivity contribution < 1.29 is 14.3 Å². The van der Waals surface area contributed by atoms with E-state index in [2.05, 4.69) is 15.3 Å². The average Bonchev–Trinajstić information content (AvgIpc) is 3.17. The Morgan fingerprint density at radius 3 is 2.69 bits per heavy atom. The smallest absolute Gasteiger partial charge is 0.262 e. The van der Waals surface area contributed by atoms with Crippen LogP contribution in [0.3, 0.4) is 0 Å². The van der Waals surface area contributed by atoms with Crippen LogP contribution in [0.15, 0.2) is 47.3 Å². The highest BCUT2D eigenvalue weighted by molar-refractivity contribution is 7.12. The van der Waals surface area contributed by atoms with Crippen LogP contribution < -0.4 is 19.5 Å². The highest BCUT2D eigenvalue weighted by Crippen LogP contribution is 2.34. The van der Waals surface area contributed by atoms with Crippen molar-refractivity contribution in [2.45, 2.75) is 13.0 Å². The summed E-state index contributed by atoms with van der Waals surface area (Å²) in [5, 5.41) is 3.92. The lowest BCUT2D eigenvalue weighted by atomic mass is 10.1. The number of ether oxygens (including phenoxy) is 2. The van der Waals surface area contributed by atoms with Crippen LogP contribution in [0, 0.1) is 0 Å². The average molecular weight is 409 g/mol. The van der Waals surface area contributed by atoms with Crippen molar-refractivity contribution in [2.24, 2.45) is 0 Å². The van der Waals surface area contributed by atoms with Crippen molar-refractivity contribution in [3.63, 3.8) is 0 Å². The number of hydrogen-bond donors (Lipinski definition) is 2. The number of nitrogens with one attached hydrogen (secondary N) is 2. The lowest BCUT2D eigenvalue weighted by Gasteiger charge is -2.13. The fraction of sp³-hybridized carbons (Fsp3) is 0.190. The number of methoxy groups -OCH3 is 2. The van der Waals surface area contributed by atoms with Crippen molar-refractivity contribution >= 4 is 39.0 Å². The normalized spacial score (nSPS) is 12.1. The maximum Gasteiger partial charge on any atom is 0.262 e. The number of hydrogen-bond acceptors (Lipinski definition) is 6. The first-order valence-electron chi connectivity index (χ1n) is 8.96. The number of fused-ring (bicyclic) bond motifs is 2. The minimum atomic E-state index is -0.349. The van der Waals surface area contributed by atoms with Crippen LogP contribution in [0.4, 0.5) is 0 Å². The molecular formula is C21H19N3O4S. The Morgan fingerprint density at radius 2 is 1.97 bits per heavy atom. The number of aromatic amines is 1. The van der Waals surface area contributed by atoms with Gasteiger partial charge in [-0.1, -0.05) is 29.5 Å². The summed E-state index contributed by atoms with van der Waals surface area (Å²) in [7, 11) is 3.00. The summed E-state index contributed by atoms with van der Waals surface area (Å²) in [4.78, 5) is 33.5. The molecule has 0 aliphatic rings. The van der Waals surface area contributed by atoms with Crippen molar-refractivity contribution in [2.75, 3.05) is 14.2 Å². The van der Waals surface area contributed by atoms with Gasteiger partial charge in [-0.3, -0.25) is 9.59 Å². The van der Waals surface area contributed by atoms with Gasteiger partial charge in [0.25, 0.3) is 5.91 Å². The zero-order valence-corrected chi connectivity index (χ0v) is 16.9. The van der Waals surface area contributed by atoms with E-state index in [-0.39, 0.29) is 16.7 Å². The molecule has 4 rings (SSSR count). The topological polar surface area (TPSA) is 93.3 Å². The number of aromatic nitrogens is 2. The molecule has 2 aromatic carbocycles. The van der Waals surface area contributed by atoms with E-state index in [4.69, 9.17) is 9.47 Å². The molecule has 4 aromatic rings. The van der Waals surface area contributed by atoms with E-state index < -0.39 is 0 Å². The largest absolute Gasteiger partial charge is 0.493 e. The number of benzene rings is 2. The van der Waals surface area contributed by atoms with Gasteiger partial charge in [0.1, 0.15) is 5.82 Å². The van der Waals surface area contributed by atoms with E-state index in [1.807, 2.05) is 31.2 Å². The van der Waals surface area contributed by atoms with E-state index in [1.165, 1.54) is 14.2 Å². The minimum absolute atomic E-state index is 0.264. The number of nitrogens with zero attached hydrogens (tertiary/aromatic N) is 1. The Morgan fingerprint density at radius 1 is 1.17 bits per heavy atom.